The number of nitrogens with zero attached hydrogens (tertiary/aromatic N) is 2. The minimum atomic E-state index is -0.540. The SMILES string of the molecule is CN1C(=O)/C(=N\OCc2ccc(C(=O)OC(C)(C)C)cc2)c2cccc(Br)c21. The topological polar surface area (TPSA) is 68.2 Å². The fourth-order valence-electron chi connectivity index (χ4n) is 2.76. The molecule has 0 saturated carbocycles. The Labute approximate surface area is 172 Å². The first kappa shape index (κ1) is 20.1. The van der Waals surface area contributed by atoms with Crippen LogP contribution < -0.4 is 4.90 Å². The normalized spacial score (nSPS) is 15.0. The number of fused-ring (bicyclic) bond motifs is 1. The molecule has 28 heavy (non-hydrogen) atoms. The van der Waals surface area contributed by atoms with Crippen molar-refractivity contribution in [2.24, 2.45) is 5.16 Å². The smallest absolute Gasteiger partial charge is 0.338 e. The van der Waals surface area contributed by atoms with Crippen LogP contribution in [0.4, 0.5) is 5.69 Å². The van der Waals surface area contributed by atoms with Crippen LogP contribution in [0, 0.1) is 0 Å². The van der Waals surface area contributed by atoms with Gasteiger partial charge >= 0.3 is 5.97 Å². The summed E-state index contributed by atoms with van der Waals surface area (Å²) in [6.07, 6.45) is 0. The number of benzene rings is 2. The third-order valence-corrected chi connectivity index (χ3v) is 4.70. The summed E-state index contributed by atoms with van der Waals surface area (Å²) in [6.45, 7) is 5.65. The van der Waals surface area contributed by atoms with Crippen LogP contribution in [0.2, 0.25) is 0 Å². The molecule has 1 heterocycles. The zero-order valence-electron chi connectivity index (χ0n) is 16.2. The molecule has 0 unspecified atom stereocenters. The lowest BCUT2D eigenvalue weighted by molar-refractivity contribution is -0.112. The number of carbonyl (C=O) groups excluding carboxylic acids is 2. The van der Waals surface area contributed by atoms with E-state index in [1.165, 1.54) is 4.90 Å². The molecule has 7 heteroatoms. The molecule has 2 aromatic rings. The Balaban J connectivity index is 1.68. The van der Waals surface area contributed by atoms with Gasteiger partial charge in [-0.05, 0) is 60.5 Å². The van der Waals surface area contributed by atoms with Crippen LogP contribution in [-0.2, 0) is 21.0 Å². The second-order valence-corrected chi connectivity index (χ2v) is 8.27. The van der Waals surface area contributed by atoms with Gasteiger partial charge in [0, 0.05) is 17.1 Å². The molecule has 0 radical (unpaired) electrons. The highest BCUT2D eigenvalue weighted by molar-refractivity contribution is 9.10. The van der Waals surface area contributed by atoms with Gasteiger partial charge in [0.2, 0.25) is 0 Å². The number of halogens is 1. The van der Waals surface area contributed by atoms with Crippen molar-refractivity contribution in [3.05, 3.63) is 63.6 Å². The molecule has 0 bridgehead atoms. The Morgan fingerprint density at radius 1 is 1.14 bits per heavy atom. The van der Waals surface area contributed by atoms with Gasteiger partial charge < -0.3 is 14.5 Å². The van der Waals surface area contributed by atoms with Crippen LogP contribution in [0.1, 0.15) is 42.3 Å². The van der Waals surface area contributed by atoms with Crippen LogP contribution in [-0.4, -0.2) is 30.2 Å². The summed E-state index contributed by atoms with van der Waals surface area (Å²) >= 11 is 3.46. The maximum absolute atomic E-state index is 12.4. The van der Waals surface area contributed by atoms with Crippen molar-refractivity contribution < 1.29 is 19.2 Å². The number of ether oxygens (including phenoxy) is 1. The summed E-state index contributed by atoms with van der Waals surface area (Å²) < 4.78 is 6.16. The van der Waals surface area contributed by atoms with Crippen LogP contribution >= 0.6 is 15.9 Å². The predicted octanol–water partition coefficient (Wildman–Crippen LogP) is 4.30. The summed E-state index contributed by atoms with van der Waals surface area (Å²) in [6, 6.07) is 12.5. The van der Waals surface area contributed by atoms with Gasteiger partial charge in [0.05, 0.1) is 11.3 Å². The highest BCUT2D eigenvalue weighted by Crippen LogP contribution is 2.35. The minimum absolute atomic E-state index is 0.179. The molecule has 146 valence electrons. The molecule has 0 spiro atoms. The number of likely N-dealkylation sites (N-methyl/N-ethyl adjacent to an activating group) is 1. The average Bonchev–Trinajstić information content (AvgIpc) is 2.87. The number of anilines is 1. The van der Waals surface area contributed by atoms with E-state index in [9.17, 15) is 9.59 Å². The van der Waals surface area contributed by atoms with E-state index in [-0.39, 0.29) is 24.2 Å². The number of esters is 1. The molecular formula is C21H21BrN2O4. The Bertz CT molecular complexity index is 946. The van der Waals surface area contributed by atoms with Crippen molar-refractivity contribution in [1.29, 1.82) is 0 Å². The fraction of sp³-hybridized carbons (Fsp3) is 0.286. The van der Waals surface area contributed by atoms with Crippen LogP contribution in [0.25, 0.3) is 0 Å². The molecule has 1 aliphatic heterocycles. The first-order valence-electron chi connectivity index (χ1n) is 8.76. The Morgan fingerprint density at radius 2 is 1.82 bits per heavy atom. The molecule has 0 atom stereocenters. The number of oxime groups is 1. The standard InChI is InChI=1S/C21H21BrN2O4/c1-21(2,3)28-20(26)14-10-8-13(9-11-14)12-27-23-17-15-6-5-7-16(22)18(15)24(4)19(17)25/h5-11H,12H2,1-4H3/b23-17-. The monoisotopic (exact) mass is 444 g/mol. The van der Waals surface area contributed by atoms with Crippen molar-refractivity contribution in [1.82, 2.24) is 0 Å². The molecule has 0 saturated heterocycles. The van der Waals surface area contributed by atoms with E-state index in [1.54, 1.807) is 31.3 Å². The van der Waals surface area contributed by atoms with Gasteiger partial charge in [-0.2, -0.15) is 0 Å². The molecule has 6 nitrogen and oxygen atoms in total. The Kier molecular flexibility index (Phi) is 5.56. The molecule has 0 fully saturated rings. The molecule has 3 rings (SSSR count). The highest BCUT2D eigenvalue weighted by atomic mass is 79.9. The molecule has 2 aromatic carbocycles. The van der Waals surface area contributed by atoms with Crippen molar-refractivity contribution in [2.45, 2.75) is 33.0 Å². The Hall–Kier alpha value is -2.67. The van der Waals surface area contributed by atoms with Crippen molar-refractivity contribution in [3.63, 3.8) is 0 Å². The lowest BCUT2D eigenvalue weighted by Gasteiger charge is -2.19. The number of rotatable bonds is 4. The quantitative estimate of drug-likeness (QED) is 0.520. The van der Waals surface area contributed by atoms with E-state index < -0.39 is 5.60 Å². The van der Waals surface area contributed by atoms with Gasteiger partial charge in [-0.15, -0.1) is 0 Å². The van der Waals surface area contributed by atoms with Gasteiger partial charge in [0.1, 0.15) is 12.2 Å². The second-order valence-electron chi connectivity index (χ2n) is 7.41. The largest absolute Gasteiger partial charge is 0.456 e. The zero-order chi connectivity index (χ0) is 20.5. The van der Waals surface area contributed by atoms with E-state index in [4.69, 9.17) is 9.57 Å². The molecular weight excluding hydrogens is 424 g/mol. The van der Waals surface area contributed by atoms with Gasteiger partial charge in [-0.25, -0.2) is 4.79 Å². The van der Waals surface area contributed by atoms with E-state index in [0.717, 1.165) is 21.3 Å². The molecule has 0 aromatic heterocycles. The van der Waals surface area contributed by atoms with Crippen LogP contribution in [0.15, 0.2) is 52.1 Å². The molecule has 1 amide bonds. The summed E-state index contributed by atoms with van der Waals surface area (Å²) in [5.41, 5.74) is 2.52. The van der Waals surface area contributed by atoms with Crippen molar-refractivity contribution >= 4 is 39.2 Å². The lowest BCUT2D eigenvalue weighted by atomic mass is 10.1. The van der Waals surface area contributed by atoms with Gasteiger partial charge in [0.15, 0.2) is 5.71 Å². The number of para-hydroxylation sites is 1. The first-order valence-corrected chi connectivity index (χ1v) is 9.56. The van der Waals surface area contributed by atoms with Crippen LogP contribution in [0.3, 0.4) is 0 Å². The van der Waals surface area contributed by atoms with E-state index in [1.807, 2.05) is 39.0 Å². The second kappa shape index (κ2) is 7.75. The van der Waals surface area contributed by atoms with Crippen molar-refractivity contribution in [3.8, 4) is 0 Å². The fourth-order valence-corrected chi connectivity index (χ4v) is 3.39. The summed E-state index contributed by atoms with van der Waals surface area (Å²) in [7, 11) is 1.70. The molecule has 1 aliphatic rings. The number of carbonyl (C=O) groups is 2. The summed E-state index contributed by atoms with van der Waals surface area (Å²) in [4.78, 5) is 31.4. The number of hydrogen-bond donors (Lipinski definition) is 0. The molecule has 0 aliphatic carbocycles. The molecule has 0 N–H and O–H groups in total. The highest BCUT2D eigenvalue weighted by Gasteiger charge is 2.33. The van der Waals surface area contributed by atoms with Gasteiger partial charge in [-0.3, -0.25) is 4.79 Å². The summed E-state index contributed by atoms with van der Waals surface area (Å²) in [5.74, 6) is -0.593. The first-order chi connectivity index (χ1) is 13.2. The van der Waals surface area contributed by atoms with Crippen LogP contribution in [0.5, 0.6) is 0 Å². The number of hydrogen-bond acceptors (Lipinski definition) is 5. The van der Waals surface area contributed by atoms with Gasteiger partial charge in [0.25, 0.3) is 5.91 Å². The average molecular weight is 445 g/mol. The van der Waals surface area contributed by atoms with Crippen molar-refractivity contribution in [2.75, 3.05) is 11.9 Å². The Morgan fingerprint density at radius 3 is 2.46 bits per heavy atom. The number of amides is 1. The third-order valence-electron chi connectivity index (χ3n) is 4.06. The van der Waals surface area contributed by atoms with E-state index >= 15 is 0 Å². The minimum Gasteiger partial charge on any atom is -0.456 e. The van der Waals surface area contributed by atoms with Gasteiger partial charge in [-0.1, -0.05) is 29.4 Å². The maximum Gasteiger partial charge on any atom is 0.338 e. The maximum atomic E-state index is 12.4. The van der Waals surface area contributed by atoms with E-state index in [2.05, 4.69) is 21.1 Å². The third kappa shape index (κ3) is 4.25. The zero-order valence-corrected chi connectivity index (χ0v) is 17.7. The van der Waals surface area contributed by atoms with E-state index in [0.29, 0.717) is 5.56 Å². The summed E-state index contributed by atoms with van der Waals surface area (Å²) in [5, 5.41) is 4.05. The predicted molar refractivity (Wildman–Crippen MR) is 110 cm³/mol. The lowest BCUT2D eigenvalue weighted by Crippen LogP contribution is -2.25.